The molecular formula is C13H17BrN2O3. The molecule has 1 fully saturated rings. The third-order valence-corrected chi connectivity index (χ3v) is 3.77. The third-order valence-electron chi connectivity index (χ3n) is 3.31. The second-order valence-corrected chi connectivity index (χ2v) is 6.06. The van der Waals surface area contributed by atoms with E-state index < -0.39 is 0 Å². The molecule has 1 aliphatic heterocycles. The average Bonchev–Trinajstić information content (AvgIpc) is 2.37. The monoisotopic (exact) mass is 328 g/mol. The molecule has 1 N–H and O–H groups in total. The maximum Gasteiger partial charge on any atom is 0.270 e. The van der Waals surface area contributed by atoms with Gasteiger partial charge in [-0.15, -0.1) is 0 Å². The Hall–Kier alpha value is -0.980. The predicted octanol–water partition coefficient (Wildman–Crippen LogP) is 3.02. The summed E-state index contributed by atoms with van der Waals surface area (Å²) in [5, 5.41) is 14.3. The smallest absolute Gasteiger partial charge is 0.270 e. The number of hydrogen-bond acceptors (Lipinski definition) is 4. The first-order valence-electron chi connectivity index (χ1n) is 6.25. The summed E-state index contributed by atoms with van der Waals surface area (Å²) in [7, 11) is 0. The lowest BCUT2D eigenvalue weighted by Crippen LogP contribution is -2.48. The van der Waals surface area contributed by atoms with E-state index in [1.54, 1.807) is 6.07 Å². The second kappa shape index (κ2) is 5.98. The van der Waals surface area contributed by atoms with Crippen LogP contribution in [0.5, 0.6) is 0 Å². The molecule has 2 rings (SSSR count). The Bertz CT molecular complexity index is 473. The summed E-state index contributed by atoms with van der Waals surface area (Å²) in [5.41, 5.74) is 0.958. The standard InChI is InChI=1S/C13H17BrN2O3/c1-13(3-2-4-19-9-13)15-8-10-5-11(14)7-12(6-10)16(17)18/h5-7,15H,2-4,8-9H2,1H3. The molecule has 0 radical (unpaired) electrons. The van der Waals surface area contributed by atoms with Gasteiger partial charge in [-0.25, -0.2) is 0 Å². The highest BCUT2D eigenvalue weighted by atomic mass is 79.9. The highest BCUT2D eigenvalue weighted by Gasteiger charge is 2.26. The molecule has 1 aromatic carbocycles. The fourth-order valence-electron chi connectivity index (χ4n) is 2.23. The number of nitrogens with zero attached hydrogens (tertiary/aromatic N) is 1. The van der Waals surface area contributed by atoms with E-state index in [4.69, 9.17) is 4.74 Å². The lowest BCUT2D eigenvalue weighted by molar-refractivity contribution is -0.385. The minimum atomic E-state index is -0.375. The minimum Gasteiger partial charge on any atom is -0.380 e. The van der Waals surface area contributed by atoms with Gasteiger partial charge >= 0.3 is 0 Å². The van der Waals surface area contributed by atoms with Crippen molar-refractivity contribution in [2.45, 2.75) is 31.8 Å². The normalized spacial score (nSPS) is 23.3. The van der Waals surface area contributed by atoms with Crippen molar-refractivity contribution in [1.82, 2.24) is 5.32 Å². The first-order valence-corrected chi connectivity index (χ1v) is 7.04. The van der Waals surface area contributed by atoms with Gasteiger partial charge in [-0.3, -0.25) is 10.1 Å². The van der Waals surface area contributed by atoms with Crippen LogP contribution in [0.4, 0.5) is 5.69 Å². The Morgan fingerprint density at radius 2 is 2.32 bits per heavy atom. The summed E-state index contributed by atoms with van der Waals surface area (Å²) in [4.78, 5) is 10.4. The number of benzene rings is 1. The zero-order chi connectivity index (χ0) is 13.9. The molecule has 1 aromatic rings. The lowest BCUT2D eigenvalue weighted by atomic mass is 9.94. The quantitative estimate of drug-likeness (QED) is 0.681. The first-order chi connectivity index (χ1) is 8.98. The van der Waals surface area contributed by atoms with Crippen molar-refractivity contribution in [3.8, 4) is 0 Å². The lowest BCUT2D eigenvalue weighted by Gasteiger charge is -2.34. The number of hydrogen-bond donors (Lipinski definition) is 1. The van der Waals surface area contributed by atoms with Crippen molar-refractivity contribution < 1.29 is 9.66 Å². The van der Waals surface area contributed by atoms with Crippen molar-refractivity contribution in [3.63, 3.8) is 0 Å². The molecule has 1 unspecified atom stereocenters. The summed E-state index contributed by atoms with van der Waals surface area (Å²) in [5.74, 6) is 0. The first kappa shape index (κ1) is 14.4. The van der Waals surface area contributed by atoms with Crippen LogP contribution in [0.3, 0.4) is 0 Å². The Balaban J connectivity index is 2.04. The van der Waals surface area contributed by atoms with Crippen molar-refractivity contribution >= 4 is 21.6 Å². The van der Waals surface area contributed by atoms with E-state index in [1.807, 2.05) is 6.07 Å². The van der Waals surface area contributed by atoms with Gasteiger partial charge in [0.2, 0.25) is 0 Å². The number of nitrogens with one attached hydrogen (secondary N) is 1. The molecule has 0 bridgehead atoms. The number of ether oxygens (including phenoxy) is 1. The van der Waals surface area contributed by atoms with E-state index in [0.29, 0.717) is 13.2 Å². The molecule has 19 heavy (non-hydrogen) atoms. The molecule has 1 atom stereocenters. The van der Waals surface area contributed by atoms with Crippen LogP contribution >= 0.6 is 15.9 Å². The maximum absolute atomic E-state index is 10.8. The predicted molar refractivity (Wildman–Crippen MR) is 76.1 cm³/mol. The summed E-state index contributed by atoms with van der Waals surface area (Å²) >= 11 is 3.30. The number of halogens is 1. The Morgan fingerprint density at radius 1 is 1.53 bits per heavy atom. The van der Waals surface area contributed by atoms with Crippen LogP contribution in [-0.2, 0) is 11.3 Å². The SMILES string of the molecule is CC1(NCc2cc(Br)cc([N+](=O)[O-])c2)CCCOC1. The van der Waals surface area contributed by atoms with Crippen LogP contribution in [-0.4, -0.2) is 23.7 Å². The van der Waals surface area contributed by atoms with Crippen molar-refractivity contribution in [2.75, 3.05) is 13.2 Å². The van der Waals surface area contributed by atoms with Crippen LogP contribution in [0.1, 0.15) is 25.3 Å². The zero-order valence-corrected chi connectivity index (χ0v) is 12.4. The summed E-state index contributed by atoms with van der Waals surface area (Å²) in [6.07, 6.45) is 2.10. The third kappa shape index (κ3) is 3.99. The van der Waals surface area contributed by atoms with E-state index in [-0.39, 0.29) is 16.1 Å². The highest BCUT2D eigenvalue weighted by Crippen LogP contribution is 2.23. The van der Waals surface area contributed by atoms with E-state index in [0.717, 1.165) is 29.5 Å². The summed E-state index contributed by atoms with van der Waals surface area (Å²) in [6.45, 7) is 4.22. The van der Waals surface area contributed by atoms with Gasteiger partial charge in [-0.2, -0.15) is 0 Å². The molecule has 5 nitrogen and oxygen atoms in total. The molecule has 0 amide bonds. The maximum atomic E-state index is 10.8. The van der Waals surface area contributed by atoms with Gasteiger partial charge in [0.05, 0.1) is 11.5 Å². The molecular weight excluding hydrogens is 312 g/mol. The van der Waals surface area contributed by atoms with Gasteiger partial charge in [0.1, 0.15) is 0 Å². The van der Waals surface area contributed by atoms with E-state index in [9.17, 15) is 10.1 Å². The molecule has 0 aromatic heterocycles. The largest absolute Gasteiger partial charge is 0.380 e. The summed E-state index contributed by atoms with van der Waals surface area (Å²) in [6, 6.07) is 5.01. The Morgan fingerprint density at radius 3 is 2.95 bits per heavy atom. The van der Waals surface area contributed by atoms with Crippen molar-refractivity contribution in [3.05, 3.63) is 38.3 Å². The number of nitro benzene ring substituents is 1. The minimum absolute atomic E-state index is 0.0463. The number of non-ortho nitro benzene ring substituents is 1. The molecule has 0 saturated carbocycles. The Labute approximate surface area is 120 Å². The number of rotatable bonds is 4. The molecule has 1 aliphatic rings. The van der Waals surface area contributed by atoms with Gasteiger partial charge in [-0.05, 0) is 31.4 Å². The molecule has 1 heterocycles. The molecule has 1 saturated heterocycles. The van der Waals surface area contributed by atoms with Gasteiger partial charge in [0.15, 0.2) is 0 Å². The van der Waals surface area contributed by atoms with E-state index in [2.05, 4.69) is 28.2 Å². The van der Waals surface area contributed by atoms with Gasteiger partial charge in [0.25, 0.3) is 5.69 Å². The summed E-state index contributed by atoms with van der Waals surface area (Å²) < 4.78 is 6.20. The van der Waals surface area contributed by atoms with Crippen LogP contribution in [0, 0.1) is 10.1 Å². The van der Waals surface area contributed by atoms with Gasteiger partial charge < -0.3 is 10.1 Å². The van der Waals surface area contributed by atoms with Crippen molar-refractivity contribution in [2.24, 2.45) is 0 Å². The van der Waals surface area contributed by atoms with Crippen LogP contribution in [0.25, 0.3) is 0 Å². The molecule has 0 spiro atoms. The van der Waals surface area contributed by atoms with Crippen LogP contribution in [0.2, 0.25) is 0 Å². The van der Waals surface area contributed by atoms with Gasteiger partial charge in [0, 0.05) is 35.3 Å². The van der Waals surface area contributed by atoms with E-state index >= 15 is 0 Å². The Kier molecular flexibility index (Phi) is 4.54. The highest BCUT2D eigenvalue weighted by molar-refractivity contribution is 9.10. The molecule has 104 valence electrons. The second-order valence-electron chi connectivity index (χ2n) is 5.15. The average molecular weight is 329 g/mol. The zero-order valence-electron chi connectivity index (χ0n) is 10.8. The fourth-order valence-corrected chi connectivity index (χ4v) is 2.76. The molecule has 0 aliphatic carbocycles. The van der Waals surface area contributed by atoms with Crippen LogP contribution < -0.4 is 5.32 Å². The van der Waals surface area contributed by atoms with Gasteiger partial charge in [-0.1, -0.05) is 15.9 Å². The number of nitro groups is 1. The molecule has 6 heteroatoms. The van der Waals surface area contributed by atoms with Crippen molar-refractivity contribution in [1.29, 1.82) is 0 Å². The fraction of sp³-hybridized carbons (Fsp3) is 0.538. The van der Waals surface area contributed by atoms with E-state index in [1.165, 1.54) is 6.07 Å². The van der Waals surface area contributed by atoms with Crippen LogP contribution in [0.15, 0.2) is 22.7 Å². The topological polar surface area (TPSA) is 64.4 Å².